The van der Waals surface area contributed by atoms with E-state index in [0.29, 0.717) is 12.3 Å². The van der Waals surface area contributed by atoms with Crippen LogP contribution in [0.1, 0.15) is 69.9 Å². The third kappa shape index (κ3) is 5.32. The fourth-order valence-electron chi connectivity index (χ4n) is 3.93. The van der Waals surface area contributed by atoms with Gasteiger partial charge in [0.25, 0.3) is 0 Å². The SMILES string of the molecule is C=Nc1cc2c(cc1C)N(CCCCCC(=O)[O-])C(C)(C)CC2C.[Na+]. The molecular formula is C20H29N2NaO2. The zero-order chi connectivity index (χ0) is 17.9. The van der Waals surface area contributed by atoms with E-state index >= 15 is 0 Å². The Morgan fingerprint density at radius 2 is 2.04 bits per heavy atom. The monoisotopic (exact) mass is 352 g/mol. The number of rotatable bonds is 7. The summed E-state index contributed by atoms with van der Waals surface area (Å²) in [6, 6.07) is 4.42. The molecule has 1 heterocycles. The summed E-state index contributed by atoms with van der Waals surface area (Å²) in [6.45, 7) is 13.6. The van der Waals surface area contributed by atoms with Gasteiger partial charge in [-0.25, -0.2) is 0 Å². The van der Waals surface area contributed by atoms with E-state index < -0.39 is 5.97 Å². The zero-order valence-corrected chi connectivity index (χ0v) is 18.4. The summed E-state index contributed by atoms with van der Waals surface area (Å²) in [4.78, 5) is 17.2. The van der Waals surface area contributed by atoms with Crippen LogP contribution in [0.3, 0.4) is 0 Å². The molecule has 25 heavy (non-hydrogen) atoms. The number of carboxylic acids is 1. The van der Waals surface area contributed by atoms with Crippen molar-refractivity contribution < 1.29 is 39.5 Å². The van der Waals surface area contributed by atoms with Gasteiger partial charge in [0, 0.05) is 23.7 Å². The van der Waals surface area contributed by atoms with Crippen LogP contribution in [0.2, 0.25) is 0 Å². The van der Waals surface area contributed by atoms with Crippen LogP contribution in [0.25, 0.3) is 0 Å². The maximum absolute atomic E-state index is 10.5. The molecule has 132 valence electrons. The Kier molecular flexibility index (Phi) is 8.17. The van der Waals surface area contributed by atoms with E-state index in [1.165, 1.54) is 11.3 Å². The van der Waals surface area contributed by atoms with Gasteiger partial charge in [-0.15, -0.1) is 0 Å². The number of nitrogens with zero attached hydrogens (tertiary/aromatic N) is 2. The van der Waals surface area contributed by atoms with Crippen molar-refractivity contribution in [3.05, 3.63) is 23.3 Å². The average molecular weight is 352 g/mol. The Balaban J connectivity index is 0.00000312. The molecule has 0 aromatic heterocycles. The largest absolute Gasteiger partial charge is 1.00 e. The molecule has 1 aromatic rings. The van der Waals surface area contributed by atoms with E-state index in [2.05, 4.69) is 56.4 Å². The number of anilines is 1. The predicted octanol–water partition coefficient (Wildman–Crippen LogP) is 0.734. The van der Waals surface area contributed by atoms with Crippen molar-refractivity contribution in [1.29, 1.82) is 0 Å². The van der Waals surface area contributed by atoms with E-state index in [-0.39, 0.29) is 41.5 Å². The van der Waals surface area contributed by atoms with Gasteiger partial charge in [-0.3, -0.25) is 4.99 Å². The molecule has 0 saturated heterocycles. The first-order valence-electron chi connectivity index (χ1n) is 8.85. The maximum Gasteiger partial charge on any atom is 1.00 e. The van der Waals surface area contributed by atoms with Gasteiger partial charge >= 0.3 is 29.6 Å². The van der Waals surface area contributed by atoms with Crippen LogP contribution in [0, 0.1) is 6.92 Å². The molecule has 0 bridgehead atoms. The quantitative estimate of drug-likeness (QED) is 0.413. The number of hydrogen-bond acceptors (Lipinski definition) is 4. The second-order valence-corrected chi connectivity index (χ2v) is 7.61. The zero-order valence-electron chi connectivity index (χ0n) is 16.4. The molecule has 0 aliphatic carbocycles. The second kappa shape index (κ2) is 9.20. The standard InChI is InChI=1S/C20H30N2O2.Na/c1-14-11-18-16(12-17(14)21-5)15(2)13-20(3,4)22(18)10-8-6-7-9-19(23)24;/h11-12,15H,5-10,13H2,1-4H3,(H,23,24);/q;+1/p-1. The Morgan fingerprint density at radius 3 is 2.64 bits per heavy atom. The fourth-order valence-corrected chi connectivity index (χ4v) is 3.93. The van der Waals surface area contributed by atoms with Crippen LogP contribution in [0.4, 0.5) is 11.4 Å². The molecule has 5 heteroatoms. The molecule has 0 N–H and O–H groups in total. The van der Waals surface area contributed by atoms with Crippen LogP contribution in [0.5, 0.6) is 0 Å². The predicted molar refractivity (Wildman–Crippen MR) is 98.3 cm³/mol. The molecule has 1 aliphatic rings. The third-order valence-corrected chi connectivity index (χ3v) is 5.14. The van der Waals surface area contributed by atoms with Gasteiger partial charge in [-0.1, -0.05) is 13.3 Å². The van der Waals surface area contributed by atoms with Crippen molar-refractivity contribution in [2.45, 2.75) is 71.3 Å². The molecule has 0 radical (unpaired) electrons. The Morgan fingerprint density at radius 1 is 1.36 bits per heavy atom. The van der Waals surface area contributed by atoms with Crippen molar-refractivity contribution in [3.8, 4) is 0 Å². The van der Waals surface area contributed by atoms with E-state index in [9.17, 15) is 9.90 Å². The number of aliphatic carboxylic acids is 1. The molecule has 0 spiro atoms. The number of aliphatic imine (C=N–C) groups is 1. The fraction of sp³-hybridized carbons (Fsp3) is 0.600. The number of carbonyl (C=O) groups is 1. The minimum absolute atomic E-state index is 0. The smallest absolute Gasteiger partial charge is 0.550 e. The molecule has 0 amide bonds. The van der Waals surface area contributed by atoms with Gasteiger partial charge in [-0.05, 0) is 82.3 Å². The van der Waals surface area contributed by atoms with E-state index in [4.69, 9.17) is 0 Å². The Hall–Kier alpha value is -0.840. The molecule has 1 aromatic carbocycles. The summed E-state index contributed by atoms with van der Waals surface area (Å²) in [7, 11) is 0. The van der Waals surface area contributed by atoms with Gasteiger partial charge < -0.3 is 14.8 Å². The first-order valence-corrected chi connectivity index (χ1v) is 8.85. The number of carbonyl (C=O) groups excluding carboxylic acids is 1. The van der Waals surface area contributed by atoms with Gasteiger partial charge in [0.1, 0.15) is 0 Å². The summed E-state index contributed by atoms with van der Waals surface area (Å²) in [5.41, 5.74) is 4.85. The number of unbranched alkanes of at least 4 members (excludes halogenated alkanes) is 2. The minimum Gasteiger partial charge on any atom is -0.550 e. The van der Waals surface area contributed by atoms with Crippen molar-refractivity contribution in [2.24, 2.45) is 4.99 Å². The van der Waals surface area contributed by atoms with Gasteiger partial charge in [0.05, 0.1) is 5.69 Å². The van der Waals surface area contributed by atoms with Crippen LogP contribution in [-0.2, 0) is 4.79 Å². The number of aryl methyl sites for hydroxylation is 1. The molecule has 4 nitrogen and oxygen atoms in total. The number of benzene rings is 1. The molecule has 0 fully saturated rings. The molecule has 1 unspecified atom stereocenters. The van der Waals surface area contributed by atoms with Gasteiger partial charge in [0.2, 0.25) is 0 Å². The summed E-state index contributed by atoms with van der Waals surface area (Å²) >= 11 is 0. The molecule has 0 saturated carbocycles. The Labute approximate surface area is 174 Å². The summed E-state index contributed by atoms with van der Waals surface area (Å²) < 4.78 is 0. The summed E-state index contributed by atoms with van der Waals surface area (Å²) in [6.07, 6.45) is 3.85. The van der Waals surface area contributed by atoms with Crippen molar-refractivity contribution in [3.63, 3.8) is 0 Å². The first-order chi connectivity index (χ1) is 11.3. The van der Waals surface area contributed by atoms with Crippen LogP contribution in [-0.4, -0.2) is 24.8 Å². The van der Waals surface area contributed by atoms with Gasteiger partial charge in [-0.2, -0.15) is 0 Å². The molecule has 1 atom stereocenters. The summed E-state index contributed by atoms with van der Waals surface area (Å²) in [5.74, 6) is -0.460. The van der Waals surface area contributed by atoms with Crippen LogP contribution in [0.15, 0.2) is 17.1 Å². The minimum atomic E-state index is -0.951. The first kappa shape index (κ1) is 22.2. The van der Waals surface area contributed by atoms with Gasteiger partial charge in [0.15, 0.2) is 0 Å². The summed E-state index contributed by atoms with van der Waals surface area (Å²) in [5, 5.41) is 10.5. The van der Waals surface area contributed by atoms with Crippen molar-refractivity contribution >= 4 is 24.1 Å². The van der Waals surface area contributed by atoms with E-state index in [0.717, 1.165) is 37.1 Å². The van der Waals surface area contributed by atoms with Crippen LogP contribution < -0.4 is 39.6 Å². The van der Waals surface area contributed by atoms with Crippen molar-refractivity contribution in [2.75, 3.05) is 11.4 Å². The second-order valence-electron chi connectivity index (χ2n) is 7.61. The molecular weight excluding hydrogens is 323 g/mol. The topological polar surface area (TPSA) is 55.7 Å². The number of hydrogen-bond donors (Lipinski definition) is 0. The normalized spacial score (nSPS) is 18.2. The number of carboxylic acid groups (broad SMARTS) is 1. The molecule has 2 rings (SSSR count). The third-order valence-electron chi connectivity index (χ3n) is 5.14. The number of fused-ring (bicyclic) bond motifs is 1. The van der Waals surface area contributed by atoms with Crippen LogP contribution >= 0.6 is 0 Å². The van der Waals surface area contributed by atoms with E-state index in [1.54, 1.807) is 0 Å². The molecule has 1 aliphatic heterocycles. The maximum atomic E-state index is 10.5. The average Bonchev–Trinajstić information content (AvgIpc) is 2.48. The van der Waals surface area contributed by atoms with E-state index in [1.807, 2.05) is 0 Å². The Bertz CT molecular complexity index is 628. The van der Waals surface area contributed by atoms with Crippen molar-refractivity contribution in [1.82, 2.24) is 0 Å².